The second-order valence-electron chi connectivity index (χ2n) is 6.07. The van der Waals surface area contributed by atoms with Crippen molar-refractivity contribution in [3.8, 4) is 0 Å². The molecule has 0 bridgehead atoms. The Bertz CT molecular complexity index is 977. The molecular formula is C17H18BrClN6O. The summed E-state index contributed by atoms with van der Waals surface area (Å²) in [5, 5.41) is 3.68. The predicted molar refractivity (Wildman–Crippen MR) is 110 cm³/mol. The lowest BCUT2D eigenvalue weighted by Gasteiger charge is -2.18. The van der Waals surface area contributed by atoms with Gasteiger partial charge in [0.2, 0.25) is 5.95 Å². The van der Waals surface area contributed by atoms with Crippen LogP contribution >= 0.6 is 28.3 Å². The topological polar surface area (TPSA) is 99.9 Å². The van der Waals surface area contributed by atoms with Crippen LogP contribution in [0.1, 0.15) is 6.42 Å². The Morgan fingerprint density at radius 2 is 2.00 bits per heavy atom. The van der Waals surface area contributed by atoms with Crippen LogP contribution in [0.25, 0.3) is 10.9 Å². The zero-order valence-electron chi connectivity index (χ0n) is 13.8. The number of benzene rings is 1. The lowest BCUT2D eigenvalue weighted by atomic mass is 10.2. The maximum atomic E-state index is 12.3. The van der Waals surface area contributed by atoms with Crippen LogP contribution in [0.2, 0.25) is 0 Å². The minimum atomic E-state index is -0.221. The van der Waals surface area contributed by atoms with Crippen LogP contribution in [0.5, 0.6) is 0 Å². The van der Waals surface area contributed by atoms with E-state index >= 15 is 0 Å². The van der Waals surface area contributed by atoms with Gasteiger partial charge in [-0.3, -0.25) is 4.79 Å². The molecule has 4 rings (SSSR count). The Morgan fingerprint density at radius 1 is 1.23 bits per heavy atom. The summed E-state index contributed by atoms with van der Waals surface area (Å²) in [7, 11) is 0. The Kier molecular flexibility index (Phi) is 5.45. The molecule has 9 heteroatoms. The van der Waals surface area contributed by atoms with Gasteiger partial charge in [0.15, 0.2) is 0 Å². The van der Waals surface area contributed by atoms with Crippen molar-refractivity contribution in [2.24, 2.45) is 5.73 Å². The highest BCUT2D eigenvalue weighted by Gasteiger charge is 2.23. The standard InChI is InChI=1S/C17H17BrN6O.ClH/c18-10-1-3-12(4-2-10)21-15-14-13(5-7-20-16(14)25)22-17(23-15)24-8-6-11(19)9-24;/h1-5,7,11H,6,8-9,19H2,(H,20,25)(H,21,22,23);1H. The molecule has 3 heterocycles. The highest BCUT2D eigenvalue weighted by atomic mass is 79.9. The number of pyridine rings is 1. The number of halogens is 2. The van der Waals surface area contributed by atoms with Gasteiger partial charge in [0.25, 0.3) is 5.56 Å². The van der Waals surface area contributed by atoms with E-state index in [1.807, 2.05) is 24.3 Å². The van der Waals surface area contributed by atoms with Crippen LogP contribution < -0.4 is 21.5 Å². The van der Waals surface area contributed by atoms with Crippen LogP contribution in [-0.2, 0) is 0 Å². The number of aromatic amines is 1. The fraction of sp³-hybridized carbons (Fsp3) is 0.235. The molecule has 1 atom stereocenters. The minimum Gasteiger partial charge on any atom is -0.339 e. The summed E-state index contributed by atoms with van der Waals surface area (Å²) >= 11 is 3.42. The third-order valence-electron chi connectivity index (χ3n) is 4.22. The molecule has 1 unspecified atom stereocenters. The van der Waals surface area contributed by atoms with Crippen LogP contribution in [0.4, 0.5) is 17.5 Å². The van der Waals surface area contributed by atoms with Gasteiger partial charge in [0.05, 0.1) is 5.52 Å². The molecule has 0 amide bonds. The predicted octanol–water partition coefficient (Wildman–Crippen LogP) is 2.78. The third kappa shape index (κ3) is 3.67. The Hall–Kier alpha value is -2.16. The number of rotatable bonds is 3. The summed E-state index contributed by atoms with van der Waals surface area (Å²) < 4.78 is 0.982. The average molecular weight is 438 g/mol. The monoisotopic (exact) mass is 436 g/mol. The molecule has 0 radical (unpaired) electrons. The number of hydrogen-bond acceptors (Lipinski definition) is 6. The third-order valence-corrected chi connectivity index (χ3v) is 4.75. The van der Waals surface area contributed by atoms with Crippen molar-refractivity contribution in [3.05, 3.63) is 51.4 Å². The molecule has 2 aromatic heterocycles. The van der Waals surface area contributed by atoms with Crippen LogP contribution in [-0.4, -0.2) is 34.1 Å². The maximum Gasteiger partial charge on any atom is 0.261 e. The summed E-state index contributed by atoms with van der Waals surface area (Å²) in [6.07, 6.45) is 2.51. The number of hydrogen-bond donors (Lipinski definition) is 3. The second kappa shape index (κ2) is 7.61. The largest absolute Gasteiger partial charge is 0.339 e. The van der Waals surface area contributed by atoms with Crippen molar-refractivity contribution < 1.29 is 0 Å². The fourth-order valence-electron chi connectivity index (χ4n) is 2.95. The molecular weight excluding hydrogens is 420 g/mol. The Balaban J connectivity index is 0.00000196. The first-order valence-corrected chi connectivity index (χ1v) is 8.82. The van der Waals surface area contributed by atoms with Gasteiger partial charge in [-0.05, 0) is 36.8 Å². The number of nitrogens with one attached hydrogen (secondary N) is 2. The molecule has 4 N–H and O–H groups in total. The summed E-state index contributed by atoms with van der Waals surface area (Å²) in [6.45, 7) is 1.53. The molecule has 26 heavy (non-hydrogen) atoms. The van der Waals surface area contributed by atoms with Crippen LogP contribution in [0.3, 0.4) is 0 Å². The number of anilines is 3. The quantitative estimate of drug-likeness (QED) is 0.582. The molecule has 3 aromatic rings. The van der Waals surface area contributed by atoms with Crippen molar-refractivity contribution >= 4 is 56.7 Å². The van der Waals surface area contributed by atoms with Gasteiger partial charge in [-0.25, -0.2) is 4.98 Å². The van der Waals surface area contributed by atoms with Crippen molar-refractivity contribution in [2.75, 3.05) is 23.3 Å². The zero-order valence-corrected chi connectivity index (χ0v) is 16.2. The van der Waals surface area contributed by atoms with Crippen molar-refractivity contribution in [2.45, 2.75) is 12.5 Å². The molecule has 1 aliphatic rings. The Morgan fingerprint density at radius 3 is 2.69 bits per heavy atom. The summed E-state index contributed by atoms with van der Waals surface area (Å²) in [5.41, 5.74) is 7.23. The highest BCUT2D eigenvalue weighted by molar-refractivity contribution is 9.10. The smallest absolute Gasteiger partial charge is 0.261 e. The van der Waals surface area contributed by atoms with E-state index in [-0.39, 0.29) is 24.0 Å². The first-order valence-electron chi connectivity index (χ1n) is 8.03. The lowest BCUT2D eigenvalue weighted by Crippen LogP contribution is -2.28. The lowest BCUT2D eigenvalue weighted by molar-refractivity contribution is 0.750. The average Bonchev–Trinajstić information content (AvgIpc) is 3.03. The second-order valence-corrected chi connectivity index (χ2v) is 6.98. The number of fused-ring (bicyclic) bond motifs is 1. The van der Waals surface area contributed by atoms with Gasteiger partial charge in [0, 0.05) is 35.5 Å². The number of aromatic nitrogens is 3. The zero-order chi connectivity index (χ0) is 17.4. The van der Waals surface area contributed by atoms with Crippen LogP contribution in [0.15, 0.2) is 45.8 Å². The minimum absolute atomic E-state index is 0. The first kappa shape index (κ1) is 18.6. The van der Waals surface area contributed by atoms with Gasteiger partial charge in [-0.15, -0.1) is 12.4 Å². The van der Waals surface area contributed by atoms with Crippen molar-refractivity contribution in [3.63, 3.8) is 0 Å². The molecule has 7 nitrogen and oxygen atoms in total. The maximum absolute atomic E-state index is 12.3. The van der Waals surface area contributed by atoms with E-state index < -0.39 is 0 Å². The van der Waals surface area contributed by atoms with Gasteiger partial charge in [0.1, 0.15) is 11.2 Å². The van der Waals surface area contributed by atoms with E-state index in [1.54, 1.807) is 12.3 Å². The van der Waals surface area contributed by atoms with E-state index in [2.05, 4.69) is 41.1 Å². The first-order chi connectivity index (χ1) is 12.1. The van der Waals surface area contributed by atoms with Crippen molar-refractivity contribution in [1.29, 1.82) is 0 Å². The summed E-state index contributed by atoms with van der Waals surface area (Å²) in [5.74, 6) is 1.08. The normalized spacial score (nSPS) is 16.5. The Labute approximate surface area is 164 Å². The SMILES string of the molecule is Cl.NC1CCN(c2nc(Nc3ccc(Br)cc3)c3c(=O)[nH]ccc3n2)C1. The summed E-state index contributed by atoms with van der Waals surface area (Å²) in [6, 6.07) is 9.60. The molecule has 1 aromatic carbocycles. The molecule has 1 saturated heterocycles. The summed E-state index contributed by atoms with van der Waals surface area (Å²) in [4.78, 5) is 26.2. The van der Waals surface area contributed by atoms with Crippen molar-refractivity contribution in [1.82, 2.24) is 15.0 Å². The molecule has 0 aliphatic carbocycles. The van der Waals surface area contributed by atoms with E-state index in [0.29, 0.717) is 29.2 Å². The molecule has 1 aliphatic heterocycles. The van der Waals surface area contributed by atoms with Gasteiger partial charge < -0.3 is 20.9 Å². The highest BCUT2D eigenvalue weighted by Crippen LogP contribution is 2.26. The van der Waals surface area contributed by atoms with E-state index in [1.165, 1.54) is 0 Å². The molecule has 0 saturated carbocycles. The van der Waals surface area contributed by atoms with Gasteiger partial charge >= 0.3 is 0 Å². The molecule has 1 fully saturated rings. The number of H-pyrrole nitrogens is 1. The number of nitrogens with two attached hydrogens (primary N) is 1. The van der Waals surface area contributed by atoms with E-state index in [0.717, 1.165) is 23.1 Å². The van der Waals surface area contributed by atoms with Gasteiger partial charge in [-0.2, -0.15) is 4.98 Å². The van der Waals surface area contributed by atoms with Crippen LogP contribution in [0, 0.1) is 0 Å². The fourth-order valence-corrected chi connectivity index (χ4v) is 3.21. The molecule has 136 valence electrons. The molecule has 0 spiro atoms. The van der Waals surface area contributed by atoms with E-state index in [9.17, 15) is 4.79 Å². The van der Waals surface area contributed by atoms with E-state index in [4.69, 9.17) is 5.73 Å². The number of nitrogens with zero attached hydrogens (tertiary/aromatic N) is 3. The van der Waals surface area contributed by atoms with Gasteiger partial charge in [-0.1, -0.05) is 15.9 Å².